The van der Waals surface area contributed by atoms with Crippen LogP contribution in [-0.2, 0) is 9.84 Å². The summed E-state index contributed by atoms with van der Waals surface area (Å²) in [5.74, 6) is 1.72. The molecule has 4 heterocycles. The molecule has 0 saturated carbocycles. The van der Waals surface area contributed by atoms with Gasteiger partial charge in [-0.3, -0.25) is 0 Å². The Bertz CT molecular complexity index is 763. The van der Waals surface area contributed by atoms with Gasteiger partial charge in [-0.25, -0.2) is 17.8 Å². The summed E-state index contributed by atoms with van der Waals surface area (Å²) in [6.45, 7) is 2.07. The van der Waals surface area contributed by atoms with Crippen LogP contribution in [0.3, 0.4) is 0 Å². The van der Waals surface area contributed by atoms with Gasteiger partial charge < -0.3 is 9.47 Å². The number of piperidine rings is 1. The predicted molar refractivity (Wildman–Crippen MR) is 94.9 cm³/mol. The first kappa shape index (κ1) is 16.2. The summed E-state index contributed by atoms with van der Waals surface area (Å²) in [6.07, 6.45) is 9.58. The molecule has 0 amide bonds. The van der Waals surface area contributed by atoms with Gasteiger partial charge in [0.1, 0.15) is 15.7 Å². The summed E-state index contributed by atoms with van der Waals surface area (Å²) in [5, 5.41) is 2.04. The molecule has 0 atom stereocenters. The second-order valence-corrected chi connectivity index (χ2v) is 9.68. The molecular weight excluding hydrogens is 344 g/mol. The first-order valence-electron chi connectivity index (χ1n) is 8.49. The SMILES string of the molecule is O=S1(=O)CCC(N2CCC(n3ccnc3-c3cnsc3)CC2)CC1. The molecular formula is C16H22N4O2S2. The van der Waals surface area contributed by atoms with Crippen molar-refractivity contribution in [2.24, 2.45) is 0 Å². The smallest absolute Gasteiger partial charge is 0.150 e. The Balaban J connectivity index is 1.40. The van der Waals surface area contributed by atoms with Gasteiger partial charge in [0.15, 0.2) is 0 Å². The van der Waals surface area contributed by atoms with Crippen LogP contribution in [0, 0.1) is 0 Å². The van der Waals surface area contributed by atoms with E-state index >= 15 is 0 Å². The minimum Gasteiger partial charge on any atom is -0.328 e. The lowest BCUT2D eigenvalue weighted by atomic mass is 10.0. The van der Waals surface area contributed by atoms with Crippen LogP contribution in [-0.4, -0.2) is 57.9 Å². The van der Waals surface area contributed by atoms with Crippen LogP contribution in [0.5, 0.6) is 0 Å². The quantitative estimate of drug-likeness (QED) is 0.833. The fraction of sp³-hybridized carbons (Fsp3) is 0.625. The average Bonchev–Trinajstić information content (AvgIpc) is 3.26. The van der Waals surface area contributed by atoms with Crippen LogP contribution >= 0.6 is 11.5 Å². The molecule has 130 valence electrons. The van der Waals surface area contributed by atoms with Crippen LogP contribution in [0.15, 0.2) is 24.0 Å². The number of hydrogen-bond acceptors (Lipinski definition) is 6. The van der Waals surface area contributed by atoms with Gasteiger partial charge in [-0.15, -0.1) is 0 Å². The molecule has 2 aromatic heterocycles. The zero-order chi connectivity index (χ0) is 16.6. The summed E-state index contributed by atoms with van der Waals surface area (Å²) in [5.41, 5.74) is 1.09. The number of sulfone groups is 1. The molecule has 0 spiro atoms. The van der Waals surface area contributed by atoms with E-state index in [4.69, 9.17) is 0 Å². The molecule has 24 heavy (non-hydrogen) atoms. The third kappa shape index (κ3) is 3.27. The van der Waals surface area contributed by atoms with E-state index < -0.39 is 9.84 Å². The van der Waals surface area contributed by atoms with Crippen molar-refractivity contribution in [3.8, 4) is 11.4 Å². The van der Waals surface area contributed by atoms with Gasteiger partial charge in [0.05, 0.1) is 17.7 Å². The predicted octanol–water partition coefficient (Wildman–Crippen LogP) is 2.22. The van der Waals surface area contributed by atoms with Crippen molar-refractivity contribution in [2.75, 3.05) is 24.6 Å². The van der Waals surface area contributed by atoms with E-state index in [0.29, 0.717) is 23.6 Å². The van der Waals surface area contributed by atoms with Gasteiger partial charge in [-0.05, 0) is 37.2 Å². The number of aromatic nitrogens is 3. The second kappa shape index (κ2) is 6.57. The number of nitrogens with zero attached hydrogens (tertiary/aromatic N) is 4. The van der Waals surface area contributed by atoms with Crippen molar-refractivity contribution in [1.82, 2.24) is 18.8 Å². The van der Waals surface area contributed by atoms with E-state index in [2.05, 4.69) is 25.0 Å². The number of imidazole rings is 1. The normalized spacial score (nSPS) is 23.5. The zero-order valence-electron chi connectivity index (χ0n) is 13.5. The lowest BCUT2D eigenvalue weighted by molar-refractivity contribution is 0.127. The average molecular weight is 367 g/mol. The van der Waals surface area contributed by atoms with Crippen molar-refractivity contribution in [3.05, 3.63) is 24.0 Å². The van der Waals surface area contributed by atoms with Gasteiger partial charge in [0.2, 0.25) is 0 Å². The highest BCUT2D eigenvalue weighted by molar-refractivity contribution is 7.91. The Morgan fingerprint density at radius 3 is 2.50 bits per heavy atom. The molecule has 6 nitrogen and oxygen atoms in total. The molecule has 0 radical (unpaired) electrons. The molecule has 0 bridgehead atoms. The van der Waals surface area contributed by atoms with E-state index in [1.807, 2.05) is 17.8 Å². The highest BCUT2D eigenvalue weighted by atomic mass is 32.2. The standard InChI is InChI=1S/C16H22N4O2S2/c21-24(22)9-3-14(4-10-24)19-6-1-15(2-7-19)20-8-5-17-16(20)13-11-18-23-12-13/h5,8,11-12,14-15H,1-4,6-7,9-10H2. The molecule has 2 fully saturated rings. The minimum absolute atomic E-state index is 0.356. The third-order valence-electron chi connectivity index (χ3n) is 5.29. The Morgan fingerprint density at radius 2 is 1.83 bits per heavy atom. The van der Waals surface area contributed by atoms with Crippen molar-refractivity contribution >= 4 is 21.4 Å². The molecule has 2 aromatic rings. The van der Waals surface area contributed by atoms with Crippen molar-refractivity contribution < 1.29 is 8.42 Å². The zero-order valence-corrected chi connectivity index (χ0v) is 15.2. The third-order valence-corrected chi connectivity index (χ3v) is 7.59. The second-order valence-electron chi connectivity index (χ2n) is 6.72. The first-order chi connectivity index (χ1) is 11.6. The number of rotatable bonds is 3. The highest BCUT2D eigenvalue weighted by Gasteiger charge is 2.31. The fourth-order valence-corrected chi connectivity index (χ4v) is 5.90. The van der Waals surface area contributed by atoms with Gasteiger partial charge in [0.25, 0.3) is 0 Å². The van der Waals surface area contributed by atoms with Crippen LogP contribution in [0.25, 0.3) is 11.4 Å². The Hall–Kier alpha value is -1.25. The highest BCUT2D eigenvalue weighted by Crippen LogP contribution is 2.30. The molecule has 2 saturated heterocycles. The largest absolute Gasteiger partial charge is 0.328 e. The van der Waals surface area contributed by atoms with Crippen LogP contribution in [0.4, 0.5) is 0 Å². The number of likely N-dealkylation sites (tertiary alicyclic amines) is 1. The Labute approximate surface area is 146 Å². The minimum atomic E-state index is -2.78. The van der Waals surface area contributed by atoms with E-state index in [0.717, 1.165) is 50.2 Å². The van der Waals surface area contributed by atoms with Crippen molar-refractivity contribution in [3.63, 3.8) is 0 Å². The molecule has 4 rings (SSSR count). The maximum Gasteiger partial charge on any atom is 0.150 e. The molecule has 0 aliphatic carbocycles. The summed E-state index contributed by atoms with van der Waals surface area (Å²) < 4.78 is 29.7. The lowest BCUT2D eigenvalue weighted by Crippen LogP contribution is -2.45. The Kier molecular flexibility index (Phi) is 4.44. The Morgan fingerprint density at radius 1 is 1.08 bits per heavy atom. The van der Waals surface area contributed by atoms with Gasteiger partial charge >= 0.3 is 0 Å². The fourth-order valence-electron chi connectivity index (χ4n) is 3.92. The van der Waals surface area contributed by atoms with E-state index in [1.54, 1.807) is 0 Å². The molecule has 0 aromatic carbocycles. The van der Waals surface area contributed by atoms with Crippen molar-refractivity contribution in [1.29, 1.82) is 0 Å². The van der Waals surface area contributed by atoms with Crippen molar-refractivity contribution in [2.45, 2.75) is 37.8 Å². The van der Waals surface area contributed by atoms with Gasteiger partial charge in [0, 0.05) is 48.5 Å². The maximum atomic E-state index is 11.6. The number of hydrogen-bond donors (Lipinski definition) is 0. The summed E-state index contributed by atoms with van der Waals surface area (Å²) in [4.78, 5) is 7.00. The summed E-state index contributed by atoms with van der Waals surface area (Å²) >= 11 is 1.45. The summed E-state index contributed by atoms with van der Waals surface area (Å²) in [7, 11) is -2.78. The monoisotopic (exact) mass is 366 g/mol. The summed E-state index contributed by atoms with van der Waals surface area (Å²) in [6, 6.07) is 0.906. The maximum absolute atomic E-state index is 11.6. The molecule has 8 heteroatoms. The lowest BCUT2D eigenvalue weighted by Gasteiger charge is -2.39. The van der Waals surface area contributed by atoms with Crippen LogP contribution in [0.2, 0.25) is 0 Å². The molecule has 0 unspecified atom stereocenters. The van der Waals surface area contributed by atoms with Gasteiger partial charge in [-0.1, -0.05) is 0 Å². The van der Waals surface area contributed by atoms with E-state index in [-0.39, 0.29) is 0 Å². The molecule has 0 N–H and O–H groups in total. The van der Waals surface area contributed by atoms with Gasteiger partial charge in [-0.2, -0.15) is 0 Å². The topological polar surface area (TPSA) is 68.1 Å². The first-order valence-corrected chi connectivity index (χ1v) is 11.2. The molecule has 2 aliphatic rings. The van der Waals surface area contributed by atoms with E-state index in [1.165, 1.54) is 11.5 Å². The van der Waals surface area contributed by atoms with Crippen LogP contribution < -0.4 is 0 Å². The van der Waals surface area contributed by atoms with E-state index in [9.17, 15) is 8.42 Å². The van der Waals surface area contributed by atoms with Crippen LogP contribution in [0.1, 0.15) is 31.7 Å². The molecule has 2 aliphatic heterocycles.